The lowest BCUT2D eigenvalue weighted by Gasteiger charge is -2.28. The number of hydrogen-bond acceptors (Lipinski definition) is 1. The molecule has 0 aliphatic heterocycles. The van der Waals surface area contributed by atoms with Crippen LogP contribution in [0.1, 0.15) is 72.6 Å². The van der Waals surface area contributed by atoms with Crippen molar-refractivity contribution in [1.29, 1.82) is 0 Å². The van der Waals surface area contributed by atoms with Crippen molar-refractivity contribution in [3.05, 3.63) is 0 Å². The highest BCUT2D eigenvalue weighted by Crippen LogP contribution is 2.25. The van der Waals surface area contributed by atoms with Gasteiger partial charge in [-0.1, -0.05) is 59.8 Å². The highest BCUT2D eigenvalue weighted by Gasteiger charge is 2.19. The molecule has 0 spiro atoms. The fourth-order valence-electron chi connectivity index (χ4n) is 2.55. The monoisotopic (exact) mass is 239 g/mol. The van der Waals surface area contributed by atoms with Crippen LogP contribution in [-0.4, -0.2) is 13.1 Å². The highest BCUT2D eigenvalue weighted by molar-refractivity contribution is 4.73. The standard InChI is InChI=1S/C16H33N/c1-14(16(2,3)4)12-17-13-15-10-8-6-5-7-9-11-15/h14-15,17H,5-13H2,1-4H3. The van der Waals surface area contributed by atoms with E-state index in [2.05, 4.69) is 33.0 Å². The molecule has 0 aromatic carbocycles. The van der Waals surface area contributed by atoms with E-state index in [1.54, 1.807) is 0 Å². The molecule has 0 radical (unpaired) electrons. The van der Waals surface area contributed by atoms with Crippen molar-refractivity contribution in [2.75, 3.05) is 13.1 Å². The second kappa shape index (κ2) is 7.41. The van der Waals surface area contributed by atoms with Crippen molar-refractivity contribution in [2.24, 2.45) is 17.3 Å². The van der Waals surface area contributed by atoms with Crippen LogP contribution in [0, 0.1) is 17.3 Å². The van der Waals surface area contributed by atoms with Gasteiger partial charge in [-0.3, -0.25) is 0 Å². The average molecular weight is 239 g/mol. The first-order valence-corrected chi connectivity index (χ1v) is 7.71. The maximum atomic E-state index is 3.71. The lowest BCUT2D eigenvalue weighted by Crippen LogP contribution is -2.32. The van der Waals surface area contributed by atoms with Crippen LogP contribution in [-0.2, 0) is 0 Å². The molecule has 1 heteroatoms. The topological polar surface area (TPSA) is 12.0 Å². The van der Waals surface area contributed by atoms with Gasteiger partial charge in [-0.2, -0.15) is 0 Å². The Morgan fingerprint density at radius 1 is 1.00 bits per heavy atom. The van der Waals surface area contributed by atoms with Crippen LogP contribution in [0.2, 0.25) is 0 Å². The minimum absolute atomic E-state index is 0.438. The lowest BCUT2D eigenvalue weighted by molar-refractivity contribution is 0.245. The first-order valence-electron chi connectivity index (χ1n) is 7.71. The van der Waals surface area contributed by atoms with E-state index < -0.39 is 0 Å². The zero-order valence-corrected chi connectivity index (χ0v) is 12.5. The Bertz CT molecular complexity index is 184. The molecule has 1 rings (SSSR count). The zero-order valence-electron chi connectivity index (χ0n) is 12.5. The van der Waals surface area contributed by atoms with E-state index >= 15 is 0 Å². The molecule has 0 aromatic rings. The number of rotatable bonds is 4. The Labute approximate surface area is 109 Å². The molecule has 1 atom stereocenters. The molecule has 0 heterocycles. The van der Waals surface area contributed by atoms with Crippen LogP contribution in [0.3, 0.4) is 0 Å². The van der Waals surface area contributed by atoms with Crippen molar-refractivity contribution in [3.63, 3.8) is 0 Å². The van der Waals surface area contributed by atoms with Gasteiger partial charge in [0.2, 0.25) is 0 Å². The SMILES string of the molecule is CC(CNCC1CCCCCCC1)C(C)(C)C. The molecular weight excluding hydrogens is 206 g/mol. The second-order valence-corrected chi connectivity index (χ2v) is 7.14. The van der Waals surface area contributed by atoms with Crippen LogP contribution < -0.4 is 5.32 Å². The first kappa shape index (κ1) is 15.0. The van der Waals surface area contributed by atoms with E-state index in [0.29, 0.717) is 5.41 Å². The summed E-state index contributed by atoms with van der Waals surface area (Å²) in [4.78, 5) is 0. The summed E-state index contributed by atoms with van der Waals surface area (Å²) in [6.07, 6.45) is 10.2. The summed E-state index contributed by atoms with van der Waals surface area (Å²) in [5.41, 5.74) is 0.438. The van der Waals surface area contributed by atoms with Crippen LogP contribution in [0.15, 0.2) is 0 Å². The summed E-state index contributed by atoms with van der Waals surface area (Å²) >= 11 is 0. The molecule has 1 nitrogen and oxygen atoms in total. The van der Waals surface area contributed by atoms with E-state index in [9.17, 15) is 0 Å². The molecule has 1 N–H and O–H groups in total. The normalized spacial score (nSPS) is 21.9. The van der Waals surface area contributed by atoms with Crippen LogP contribution in [0.25, 0.3) is 0 Å². The maximum Gasteiger partial charge on any atom is -0.00180 e. The minimum atomic E-state index is 0.438. The second-order valence-electron chi connectivity index (χ2n) is 7.14. The number of hydrogen-bond donors (Lipinski definition) is 1. The summed E-state index contributed by atoms with van der Waals surface area (Å²) in [6.45, 7) is 11.8. The Morgan fingerprint density at radius 3 is 2.06 bits per heavy atom. The largest absolute Gasteiger partial charge is 0.316 e. The van der Waals surface area contributed by atoms with Gasteiger partial charge in [0.25, 0.3) is 0 Å². The Balaban J connectivity index is 2.16. The Kier molecular flexibility index (Phi) is 6.54. The minimum Gasteiger partial charge on any atom is -0.316 e. The predicted molar refractivity (Wildman–Crippen MR) is 77.3 cm³/mol. The van der Waals surface area contributed by atoms with E-state index in [-0.39, 0.29) is 0 Å². The van der Waals surface area contributed by atoms with E-state index in [4.69, 9.17) is 0 Å². The summed E-state index contributed by atoms with van der Waals surface area (Å²) in [5.74, 6) is 1.71. The fourth-order valence-corrected chi connectivity index (χ4v) is 2.55. The molecule has 0 amide bonds. The third-order valence-corrected chi connectivity index (χ3v) is 4.59. The molecule has 0 saturated heterocycles. The van der Waals surface area contributed by atoms with Gasteiger partial charge in [0.05, 0.1) is 0 Å². The van der Waals surface area contributed by atoms with Crippen LogP contribution in [0.5, 0.6) is 0 Å². The van der Waals surface area contributed by atoms with Crippen molar-refractivity contribution < 1.29 is 0 Å². The fraction of sp³-hybridized carbons (Fsp3) is 1.00. The molecule has 0 bridgehead atoms. The van der Waals surface area contributed by atoms with Crippen LogP contribution >= 0.6 is 0 Å². The van der Waals surface area contributed by atoms with E-state index in [1.807, 2.05) is 0 Å². The molecule has 1 aliphatic carbocycles. The molecule has 1 fully saturated rings. The average Bonchev–Trinajstić information content (AvgIpc) is 2.19. The molecule has 1 unspecified atom stereocenters. The maximum absolute atomic E-state index is 3.71. The van der Waals surface area contributed by atoms with Crippen LogP contribution in [0.4, 0.5) is 0 Å². The van der Waals surface area contributed by atoms with E-state index in [0.717, 1.165) is 11.8 Å². The molecule has 1 aliphatic rings. The van der Waals surface area contributed by atoms with Crippen molar-refractivity contribution in [2.45, 2.75) is 72.6 Å². The summed E-state index contributed by atoms with van der Waals surface area (Å²) in [5, 5.41) is 3.71. The van der Waals surface area contributed by atoms with Crippen molar-refractivity contribution in [1.82, 2.24) is 5.32 Å². The first-order chi connectivity index (χ1) is 8.00. The molecule has 0 aromatic heterocycles. The third kappa shape index (κ3) is 6.45. The van der Waals surface area contributed by atoms with Gasteiger partial charge < -0.3 is 5.32 Å². The van der Waals surface area contributed by atoms with Gasteiger partial charge in [-0.05, 0) is 43.2 Å². The summed E-state index contributed by atoms with van der Waals surface area (Å²) < 4.78 is 0. The predicted octanol–water partition coefficient (Wildman–Crippen LogP) is 4.62. The van der Waals surface area contributed by atoms with Crippen molar-refractivity contribution >= 4 is 0 Å². The quantitative estimate of drug-likeness (QED) is 0.755. The smallest absolute Gasteiger partial charge is 0.00180 e. The van der Waals surface area contributed by atoms with Gasteiger partial charge in [0, 0.05) is 0 Å². The third-order valence-electron chi connectivity index (χ3n) is 4.59. The van der Waals surface area contributed by atoms with Crippen molar-refractivity contribution in [3.8, 4) is 0 Å². The Hall–Kier alpha value is -0.0400. The van der Waals surface area contributed by atoms with Gasteiger partial charge >= 0.3 is 0 Å². The lowest BCUT2D eigenvalue weighted by atomic mass is 9.82. The molecule has 1 saturated carbocycles. The van der Waals surface area contributed by atoms with Gasteiger partial charge in [-0.25, -0.2) is 0 Å². The van der Waals surface area contributed by atoms with Gasteiger partial charge in [0.15, 0.2) is 0 Å². The summed E-state index contributed by atoms with van der Waals surface area (Å²) in [6, 6.07) is 0. The van der Waals surface area contributed by atoms with Gasteiger partial charge in [-0.15, -0.1) is 0 Å². The molecule has 17 heavy (non-hydrogen) atoms. The summed E-state index contributed by atoms with van der Waals surface area (Å²) in [7, 11) is 0. The van der Waals surface area contributed by atoms with E-state index in [1.165, 1.54) is 58.0 Å². The molecule has 102 valence electrons. The molecular formula is C16H33N. The number of nitrogens with one attached hydrogen (secondary N) is 1. The Morgan fingerprint density at radius 2 is 1.53 bits per heavy atom. The van der Waals surface area contributed by atoms with Gasteiger partial charge in [0.1, 0.15) is 0 Å². The zero-order chi connectivity index (χ0) is 12.7. The highest BCUT2D eigenvalue weighted by atomic mass is 14.9.